The van der Waals surface area contributed by atoms with Crippen molar-refractivity contribution in [3.63, 3.8) is 0 Å². The zero-order chi connectivity index (χ0) is 13.9. The third-order valence-corrected chi connectivity index (χ3v) is 3.01. The Morgan fingerprint density at radius 1 is 1.22 bits per heavy atom. The smallest absolute Gasteiger partial charge is 0.190 e. The van der Waals surface area contributed by atoms with Gasteiger partial charge in [-0.15, -0.1) is 0 Å². The van der Waals surface area contributed by atoms with Gasteiger partial charge in [-0.1, -0.05) is 6.92 Å². The molecule has 102 valence electrons. The number of ether oxygens (including phenoxy) is 1. The summed E-state index contributed by atoms with van der Waals surface area (Å²) in [5.74, 6) is 0. The molecule has 0 spiro atoms. The molecule has 0 radical (unpaired) electrons. The largest absolute Gasteiger partial charge is 0.329 e. The first kappa shape index (κ1) is 16.7. The normalized spacial score (nSPS) is 16.3. The van der Waals surface area contributed by atoms with Crippen LogP contribution in [-0.4, -0.2) is 37.0 Å². The molecule has 0 bridgehead atoms. The lowest BCUT2D eigenvalue weighted by atomic mass is 10.3. The van der Waals surface area contributed by atoms with Gasteiger partial charge in [0.25, 0.3) is 0 Å². The van der Waals surface area contributed by atoms with Crippen molar-refractivity contribution in [2.45, 2.75) is 46.1 Å². The highest BCUT2D eigenvalue weighted by Crippen LogP contribution is 2.20. The van der Waals surface area contributed by atoms with Gasteiger partial charge in [-0.25, -0.2) is 5.32 Å². The second-order valence-corrected chi connectivity index (χ2v) is 4.91. The number of rotatable bonds is 5. The van der Waals surface area contributed by atoms with Crippen LogP contribution in [0.1, 0.15) is 40.0 Å². The van der Waals surface area contributed by atoms with Crippen LogP contribution in [-0.2, 0) is 4.74 Å². The van der Waals surface area contributed by atoms with E-state index in [2.05, 4.69) is 20.8 Å². The van der Waals surface area contributed by atoms with Gasteiger partial charge in [0.05, 0.1) is 25.7 Å². The van der Waals surface area contributed by atoms with Gasteiger partial charge in [0.2, 0.25) is 0 Å². The molecule has 1 fully saturated rings. The van der Waals surface area contributed by atoms with Crippen molar-refractivity contribution in [3.8, 4) is 12.4 Å². The van der Waals surface area contributed by atoms with Crippen molar-refractivity contribution in [3.05, 3.63) is 0 Å². The van der Waals surface area contributed by atoms with E-state index in [0.717, 1.165) is 6.73 Å². The molecule has 1 N–H and O–H groups in total. The van der Waals surface area contributed by atoms with E-state index in [-0.39, 0.29) is 0 Å². The van der Waals surface area contributed by atoms with Crippen LogP contribution in [0.2, 0.25) is 0 Å². The second kappa shape index (κ2) is 9.70. The minimum atomic E-state index is 0.382. The van der Waals surface area contributed by atoms with Crippen LogP contribution in [0.4, 0.5) is 0 Å². The molecule has 0 aromatic rings. The van der Waals surface area contributed by atoms with Crippen LogP contribution < -0.4 is 5.32 Å². The Bertz CT molecular complexity index is 272. The van der Waals surface area contributed by atoms with E-state index in [1.165, 1.54) is 55.8 Å². The summed E-state index contributed by atoms with van der Waals surface area (Å²) in [6.45, 7) is 11.4. The lowest BCUT2D eigenvalue weighted by Gasteiger charge is -2.34. The molecule has 0 atom stereocenters. The lowest BCUT2D eigenvalue weighted by Crippen LogP contribution is -2.48. The lowest BCUT2D eigenvalue weighted by molar-refractivity contribution is -0.935. The Morgan fingerprint density at radius 2 is 1.78 bits per heavy atom. The molecule has 0 aromatic carbocycles. The molecule has 0 aromatic heterocycles. The first-order valence-corrected chi connectivity index (χ1v) is 6.60. The van der Waals surface area contributed by atoms with Crippen LogP contribution in [0, 0.1) is 22.9 Å². The molecule has 1 aliphatic rings. The summed E-state index contributed by atoms with van der Waals surface area (Å²) in [6.07, 6.45) is 7.25. The summed E-state index contributed by atoms with van der Waals surface area (Å²) >= 11 is 0. The summed E-state index contributed by atoms with van der Waals surface area (Å²) in [7, 11) is 0. The highest BCUT2D eigenvalue weighted by atomic mass is 16.5. The summed E-state index contributed by atoms with van der Waals surface area (Å²) in [6, 6.07) is 0. The van der Waals surface area contributed by atoms with E-state index < -0.39 is 0 Å². The fourth-order valence-corrected chi connectivity index (χ4v) is 2.23. The van der Waals surface area contributed by atoms with Gasteiger partial charge in [0.15, 0.2) is 19.1 Å². The molecule has 0 unspecified atom stereocenters. The van der Waals surface area contributed by atoms with E-state index >= 15 is 0 Å². The molecule has 5 heteroatoms. The monoisotopic (exact) mass is 253 g/mol. The molecular weight excluding hydrogens is 228 g/mol. The molecule has 18 heavy (non-hydrogen) atoms. The summed E-state index contributed by atoms with van der Waals surface area (Å²) in [4.78, 5) is 0. The van der Waals surface area contributed by atoms with E-state index in [1.54, 1.807) is 5.32 Å². The Balaban J connectivity index is 0.000000494. The first-order valence-electron chi connectivity index (χ1n) is 6.60. The van der Waals surface area contributed by atoms with Crippen LogP contribution in [0.5, 0.6) is 0 Å². The fraction of sp³-hybridized carbons (Fsp3) is 0.846. The SMILES string of the molecule is CCC[N+]1(COC(C)C)CCCC1.N#CNC#N. The van der Waals surface area contributed by atoms with Crippen molar-refractivity contribution in [2.75, 3.05) is 26.4 Å². The molecule has 1 saturated heterocycles. The predicted molar refractivity (Wildman–Crippen MR) is 69.8 cm³/mol. The number of nitrogens with zero attached hydrogens (tertiary/aromatic N) is 3. The first-order chi connectivity index (χ1) is 8.60. The number of hydrogen-bond donors (Lipinski definition) is 1. The third-order valence-electron chi connectivity index (χ3n) is 3.01. The van der Waals surface area contributed by atoms with Crippen molar-refractivity contribution in [1.29, 1.82) is 10.5 Å². The fourth-order valence-electron chi connectivity index (χ4n) is 2.23. The number of likely N-dealkylation sites (tertiary alicyclic amines) is 1. The zero-order valence-electron chi connectivity index (χ0n) is 11.8. The minimum Gasteiger partial charge on any atom is -0.329 e. The van der Waals surface area contributed by atoms with E-state index in [4.69, 9.17) is 15.3 Å². The van der Waals surface area contributed by atoms with Gasteiger partial charge in [-0.3, -0.25) is 0 Å². The molecule has 1 rings (SSSR count). The third kappa shape index (κ3) is 7.11. The molecule has 0 amide bonds. The maximum Gasteiger partial charge on any atom is 0.190 e. The van der Waals surface area contributed by atoms with E-state index in [0.29, 0.717) is 6.10 Å². The second-order valence-electron chi connectivity index (χ2n) is 4.91. The summed E-state index contributed by atoms with van der Waals surface area (Å²) in [5, 5.41) is 16.7. The highest BCUT2D eigenvalue weighted by Gasteiger charge is 2.31. The maximum absolute atomic E-state index is 7.48. The van der Waals surface area contributed by atoms with Gasteiger partial charge in [-0.2, -0.15) is 10.5 Å². The molecule has 1 heterocycles. The van der Waals surface area contributed by atoms with Gasteiger partial charge in [-0.05, 0) is 20.3 Å². The molecular formula is C13H25N4O+. The number of nitrogens with one attached hydrogen (secondary N) is 1. The molecule has 0 saturated carbocycles. The quantitative estimate of drug-likeness (QED) is 0.462. The van der Waals surface area contributed by atoms with Crippen LogP contribution in [0.3, 0.4) is 0 Å². The number of quaternary nitrogens is 1. The summed E-state index contributed by atoms with van der Waals surface area (Å²) < 4.78 is 6.97. The number of hydrogen-bond acceptors (Lipinski definition) is 4. The summed E-state index contributed by atoms with van der Waals surface area (Å²) in [5.41, 5.74) is 0. The van der Waals surface area contributed by atoms with Gasteiger partial charge in [0, 0.05) is 12.8 Å². The van der Waals surface area contributed by atoms with Crippen molar-refractivity contribution in [2.24, 2.45) is 0 Å². The molecule has 5 nitrogen and oxygen atoms in total. The van der Waals surface area contributed by atoms with Crippen molar-refractivity contribution < 1.29 is 9.22 Å². The maximum atomic E-state index is 7.48. The Labute approximate surface area is 111 Å². The van der Waals surface area contributed by atoms with Crippen LogP contribution in [0.15, 0.2) is 0 Å². The minimum absolute atomic E-state index is 0.382. The average molecular weight is 253 g/mol. The zero-order valence-corrected chi connectivity index (χ0v) is 11.8. The average Bonchev–Trinajstić information content (AvgIpc) is 2.78. The van der Waals surface area contributed by atoms with Gasteiger partial charge < -0.3 is 9.22 Å². The molecule has 1 aliphatic heterocycles. The van der Waals surface area contributed by atoms with Crippen molar-refractivity contribution >= 4 is 0 Å². The standard InChI is InChI=1S/C11H24NO.C2HN3/c1-4-7-12(8-5-6-9-12)10-13-11(2)3;3-1-5-2-4/h11H,4-10H2,1-3H3;5H/q+1;. The highest BCUT2D eigenvalue weighted by molar-refractivity contribution is 4.77. The van der Waals surface area contributed by atoms with E-state index in [1.807, 2.05) is 0 Å². The van der Waals surface area contributed by atoms with Crippen LogP contribution >= 0.6 is 0 Å². The van der Waals surface area contributed by atoms with Gasteiger partial charge in [0.1, 0.15) is 0 Å². The van der Waals surface area contributed by atoms with Crippen molar-refractivity contribution in [1.82, 2.24) is 5.32 Å². The molecule has 0 aliphatic carbocycles. The predicted octanol–water partition coefficient (Wildman–Crippen LogP) is 1.93. The Morgan fingerprint density at radius 3 is 2.11 bits per heavy atom. The Kier molecular flexibility index (Phi) is 9.00. The topological polar surface area (TPSA) is 68.8 Å². The van der Waals surface area contributed by atoms with Gasteiger partial charge >= 0.3 is 0 Å². The number of nitriles is 2. The van der Waals surface area contributed by atoms with E-state index in [9.17, 15) is 0 Å². The van der Waals surface area contributed by atoms with Crippen LogP contribution in [0.25, 0.3) is 0 Å². The Hall–Kier alpha value is -1.30.